The van der Waals surface area contributed by atoms with Gasteiger partial charge in [0.1, 0.15) is 6.61 Å². The van der Waals surface area contributed by atoms with Crippen LogP contribution in [0.5, 0.6) is 0 Å². The molecule has 2 aromatic carbocycles. The van der Waals surface area contributed by atoms with Gasteiger partial charge in [-0.25, -0.2) is 13.2 Å². The Bertz CT molecular complexity index is 895. The normalized spacial score (nSPS) is 10.8. The topological polar surface area (TPSA) is 84.2 Å². The highest BCUT2D eigenvalue weighted by molar-refractivity contribution is 7.90. The van der Waals surface area contributed by atoms with Crippen molar-refractivity contribution < 1.29 is 17.9 Å². The molecule has 2 rings (SSSR count). The van der Waals surface area contributed by atoms with Gasteiger partial charge in [0.05, 0.1) is 22.1 Å². The van der Waals surface area contributed by atoms with E-state index in [-0.39, 0.29) is 17.1 Å². The molecule has 0 amide bonds. The van der Waals surface area contributed by atoms with E-state index in [9.17, 15) is 13.2 Å². The summed E-state index contributed by atoms with van der Waals surface area (Å²) >= 11 is 0. The van der Waals surface area contributed by atoms with E-state index >= 15 is 0 Å². The highest BCUT2D eigenvalue weighted by Gasteiger charge is 2.16. The summed E-state index contributed by atoms with van der Waals surface area (Å²) in [6, 6.07) is 13.2. The SMILES string of the molecule is Cc1ccc(S(C)(=O)=O)cc1C(=O)OCc1ccccc1C#N. The number of esters is 1. The Morgan fingerprint density at radius 1 is 1.22 bits per heavy atom. The molecule has 0 bridgehead atoms. The Balaban J connectivity index is 2.23. The average molecular weight is 329 g/mol. The minimum absolute atomic E-state index is 0.0505. The van der Waals surface area contributed by atoms with Gasteiger partial charge in [0.15, 0.2) is 9.84 Å². The summed E-state index contributed by atoms with van der Waals surface area (Å²) in [6.07, 6.45) is 1.08. The lowest BCUT2D eigenvalue weighted by Gasteiger charge is -2.09. The van der Waals surface area contributed by atoms with E-state index in [1.165, 1.54) is 12.1 Å². The number of hydrogen-bond donors (Lipinski definition) is 0. The van der Waals surface area contributed by atoms with Gasteiger partial charge >= 0.3 is 5.97 Å². The number of aryl methyl sites for hydroxylation is 1. The average Bonchev–Trinajstić information content (AvgIpc) is 2.52. The summed E-state index contributed by atoms with van der Waals surface area (Å²) in [6.45, 7) is 1.65. The maximum atomic E-state index is 12.2. The summed E-state index contributed by atoms with van der Waals surface area (Å²) in [5, 5.41) is 9.01. The molecule has 0 atom stereocenters. The predicted molar refractivity (Wildman–Crippen MR) is 84.6 cm³/mol. The van der Waals surface area contributed by atoms with Crippen LogP contribution < -0.4 is 0 Å². The first-order valence-electron chi connectivity index (χ1n) is 6.79. The van der Waals surface area contributed by atoms with E-state index in [4.69, 9.17) is 10.00 Å². The highest BCUT2D eigenvalue weighted by atomic mass is 32.2. The summed E-state index contributed by atoms with van der Waals surface area (Å²) in [5.74, 6) is -0.624. The van der Waals surface area contributed by atoms with Crippen LogP contribution in [-0.2, 0) is 21.2 Å². The zero-order valence-corrected chi connectivity index (χ0v) is 13.6. The van der Waals surface area contributed by atoms with Crippen LogP contribution in [0, 0.1) is 18.3 Å². The molecule has 0 aliphatic heterocycles. The number of nitriles is 1. The van der Waals surface area contributed by atoms with Gasteiger partial charge in [-0.2, -0.15) is 5.26 Å². The number of sulfone groups is 1. The molecule has 0 aliphatic carbocycles. The molecule has 0 spiro atoms. The molecule has 0 aromatic heterocycles. The first-order valence-corrected chi connectivity index (χ1v) is 8.68. The van der Waals surface area contributed by atoms with Crippen LogP contribution in [0.1, 0.15) is 27.0 Å². The van der Waals surface area contributed by atoms with Crippen molar-refractivity contribution >= 4 is 15.8 Å². The van der Waals surface area contributed by atoms with Gasteiger partial charge in [-0.1, -0.05) is 24.3 Å². The fourth-order valence-electron chi connectivity index (χ4n) is 2.03. The molecule has 0 saturated heterocycles. The molecule has 6 heteroatoms. The Hall–Kier alpha value is -2.65. The Labute approximate surface area is 135 Å². The lowest BCUT2D eigenvalue weighted by molar-refractivity contribution is 0.0471. The van der Waals surface area contributed by atoms with Crippen LogP contribution >= 0.6 is 0 Å². The standard InChI is InChI=1S/C17H15NO4S/c1-12-7-8-15(23(2,20)21)9-16(12)17(19)22-11-14-6-4-3-5-13(14)10-18/h3-9H,11H2,1-2H3. The Kier molecular flexibility index (Phi) is 4.82. The van der Waals surface area contributed by atoms with Crippen molar-refractivity contribution in [3.63, 3.8) is 0 Å². The third-order valence-electron chi connectivity index (χ3n) is 3.35. The van der Waals surface area contributed by atoms with Crippen molar-refractivity contribution in [2.75, 3.05) is 6.26 Å². The van der Waals surface area contributed by atoms with Crippen molar-refractivity contribution in [1.82, 2.24) is 0 Å². The fourth-order valence-corrected chi connectivity index (χ4v) is 2.68. The first-order chi connectivity index (χ1) is 10.8. The van der Waals surface area contributed by atoms with Gasteiger partial charge in [0, 0.05) is 11.8 Å². The summed E-state index contributed by atoms with van der Waals surface area (Å²) in [7, 11) is -3.40. The van der Waals surface area contributed by atoms with E-state index < -0.39 is 15.8 Å². The zero-order valence-electron chi connectivity index (χ0n) is 12.7. The van der Waals surface area contributed by atoms with Crippen LogP contribution in [0.3, 0.4) is 0 Å². The molecule has 0 radical (unpaired) electrons. The van der Waals surface area contributed by atoms with E-state index in [1.807, 2.05) is 6.07 Å². The second kappa shape index (κ2) is 6.63. The third kappa shape index (κ3) is 3.96. The molecule has 0 saturated carbocycles. The Morgan fingerprint density at radius 2 is 1.91 bits per heavy atom. The molecule has 0 unspecified atom stereocenters. The van der Waals surface area contributed by atoms with Gasteiger partial charge in [-0.15, -0.1) is 0 Å². The van der Waals surface area contributed by atoms with Gasteiger partial charge in [-0.05, 0) is 30.7 Å². The van der Waals surface area contributed by atoms with Crippen molar-refractivity contribution in [2.45, 2.75) is 18.4 Å². The largest absolute Gasteiger partial charge is 0.457 e. The van der Waals surface area contributed by atoms with E-state index in [1.54, 1.807) is 37.3 Å². The van der Waals surface area contributed by atoms with Crippen molar-refractivity contribution in [2.24, 2.45) is 0 Å². The van der Waals surface area contributed by atoms with Crippen molar-refractivity contribution in [3.8, 4) is 6.07 Å². The molecule has 2 aromatic rings. The molecule has 0 N–H and O–H groups in total. The molecule has 118 valence electrons. The zero-order chi connectivity index (χ0) is 17.0. The quantitative estimate of drug-likeness (QED) is 0.805. The van der Waals surface area contributed by atoms with E-state index in [2.05, 4.69) is 0 Å². The number of hydrogen-bond acceptors (Lipinski definition) is 5. The van der Waals surface area contributed by atoms with Gasteiger partial charge in [-0.3, -0.25) is 0 Å². The van der Waals surface area contributed by atoms with Crippen LogP contribution in [0.2, 0.25) is 0 Å². The van der Waals surface area contributed by atoms with E-state index in [0.717, 1.165) is 6.26 Å². The number of benzene rings is 2. The minimum Gasteiger partial charge on any atom is -0.457 e. The van der Waals surface area contributed by atoms with E-state index in [0.29, 0.717) is 16.7 Å². The summed E-state index contributed by atoms with van der Waals surface area (Å²) < 4.78 is 28.4. The second-order valence-corrected chi connectivity index (χ2v) is 7.11. The third-order valence-corrected chi connectivity index (χ3v) is 4.46. The number of nitrogens with zero attached hydrogens (tertiary/aromatic N) is 1. The first kappa shape index (κ1) is 16.7. The predicted octanol–water partition coefficient (Wildman–Crippen LogP) is 2.63. The van der Waals surface area contributed by atoms with Gasteiger partial charge < -0.3 is 4.74 Å². The molecule has 5 nitrogen and oxygen atoms in total. The highest BCUT2D eigenvalue weighted by Crippen LogP contribution is 2.18. The maximum Gasteiger partial charge on any atom is 0.338 e. The molecule has 23 heavy (non-hydrogen) atoms. The smallest absolute Gasteiger partial charge is 0.338 e. The Morgan fingerprint density at radius 3 is 2.57 bits per heavy atom. The number of ether oxygens (including phenoxy) is 1. The fraction of sp³-hybridized carbons (Fsp3) is 0.176. The molecular weight excluding hydrogens is 314 g/mol. The number of carbonyl (C=O) groups is 1. The molecular formula is C17H15NO4S. The van der Waals surface area contributed by atoms with Gasteiger partial charge in [0.2, 0.25) is 0 Å². The molecule has 0 aliphatic rings. The summed E-state index contributed by atoms with van der Waals surface area (Å²) in [4.78, 5) is 12.3. The lowest BCUT2D eigenvalue weighted by atomic mass is 10.1. The van der Waals surface area contributed by atoms with Crippen LogP contribution in [-0.4, -0.2) is 20.6 Å². The van der Waals surface area contributed by atoms with Crippen LogP contribution in [0.15, 0.2) is 47.4 Å². The van der Waals surface area contributed by atoms with Crippen molar-refractivity contribution in [3.05, 3.63) is 64.7 Å². The maximum absolute atomic E-state index is 12.2. The molecule has 0 heterocycles. The number of rotatable bonds is 4. The van der Waals surface area contributed by atoms with Crippen LogP contribution in [0.4, 0.5) is 0 Å². The minimum atomic E-state index is -3.40. The second-order valence-electron chi connectivity index (χ2n) is 5.09. The lowest BCUT2D eigenvalue weighted by Crippen LogP contribution is -2.09. The number of carbonyl (C=O) groups excluding carboxylic acids is 1. The molecule has 0 fully saturated rings. The van der Waals surface area contributed by atoms with Gasteiger partial charge in [0.25, 0.3) is 0 Å². The summed E-state index contributed by atoms with van der Waals surface area (Å²) in [5.41, 5.74) is 1.85. The van der Waals surface area contributed by atoms with Crippen molar-refractivity contribution in [1.29, 1.82) is 5.26 Å². The monoisotopic (exact) mass is 329 g/mol. The van der Waals surface area contributed by atoms with Crippen LogP contribution in [0.25, 0.3) is 0 Å².